The zero-order valence-electron chi connectivity index (χ0n) is 19.2. The fourth-order valence-electron chi connectivity index (χ4n) is 4.59. The lowest BCUT2D eigenvalue weighted by molar-refractivity contribution is 0.0397. The molecule has 2 saturated heterocycles. The van der Waals surface area contributed by atoms with Gasteiger partial charge in [-0.1, -0.05) is 24.3 Å². The molecule has 3 aliphatic rings. The number of benzene rings is 1. The molecular weight excluding hydrogens is 436 g/mol. The maximum Gasteiger partial charge on any atom is 0.198 e. The smallest absolute Gasteiger partial charge is 0.198 e. The molecule has 0 unspecified atom stereocenters. The van der Waals surface area contributed by atoms with Crippen LogP contribution in [0.4, 0.5) is 11.6 Å². The molecule has 180 valence electrons. The number of hydrogen-bond acceptors (Lipinski definition) is 10. The average molecular weight is 467 g/mol. The average Bonchev–Trinajstić information content (AvgIpc) is 2.89. The van der Waals surface area contributed by atoms with E-state index in [0.29, 0.717) is 47.0 Å². The van der Waals surface area contributed by atoms with Gasteiger partial charge in [-0.25, -0.2) is 0 Å². The topological polar surface area (TPSA) is 109 Å². The number of ether oxygens (including phenoxy) is 2. The van der Waals surface area contributed by atoms with Crippen LogP contribution in [0.15, 0.2) is 24.3 Å². The number of ketones is 2. The van der Waals surface area contributed by atoms with E-state index in [1.807, 2.05) is 0 Å². The molecule has 1 aromatic heterocycles. The number of carbonyl (C=O) groups excluding carboxylic acids is 2. The van der Waals surface area contributed by atoms with Crippen molar-refractivity contribution in [3.05, 3.63) is 46.5 Å². The Morgan fingerprint density at radius 2 is 1.12 bits per heavy atom. The van der Waals surface area contributed by atoms with Gasteiger partial charge in [0.05, 0.1) is 37.6 Å². The minimum atomic E-state index is -0.204. The van der Waals surface area contributed by atoms with Crippen LogP contribution in [0.3, 0.4) is 0 Å². The first kappa shape index (κ1) is 22.9. The van der Waals surface area contributed by atoms with E-state index in [9.17, 15) is 9.59 Å². The zero-order valence-corrected chi connectivity index (χ0v) is 19.2. The third-order valence-electron chi connectivity index (χ3n) is 6.49. The largest absolute Gasteiger partial charge is 0.379 e. The maximum absolute atomic E-state index is 13.5. The molecule has 2 N–H and O–H groups in total. The van der Waals surface area contributed by atoms with Crippen molar-refractivity contribution in [2.24, 2.45) is 0 Å². The number of carbonyl (C=O) groups is 2. The Kier molecular flexibility index (Phi) is 7.10. The highest BCUT2D eigenvalue weighted by molar-refractivity contribution is 6.31. The molecule has 5 rings (SSSR count). The normalized spacial score (nSPS) is 18.9. The first-order chi connectivity index (χ1) is 16.7. The van der Waals surface area contributed by atoms with Crippen LogP contribution in [0.2, 0.25) is 0 Å². The van der Waals surface area contributed by atoms with Crippen molar-refractivity contribution in [1.82, 2.24) is 20.0 Å². The molecule has 1 aliphatic carbocycles. The standard InChI is InChI=1S/C24H30N6O4/c31-21-17-3-1-2-4-18(17)22(32)20-19(21)23(25-5-7-29-9-13-33-14-10-29)27-28-24(20)26-6-8-30-11-15-34-16-12-30/h1-4H,5-16H2,(H,25,27)(H,26,28). The van der Waals surface area contributed by atoms with Gasteiger partial charge in [-0.3, -0.25) is 19.4 Å². The minimum Gasteiger partial charge on any atom is -0.379 e. The fraction of sp³-hybridized carbons (Fsp3) is 0.500. The van der Waals surface area contributed by atoms with E-state index in [0.717, 1.165) is 65.7 Å². The number of aromatic nitrogens is 2. The third-order valence-corrected chi connectivity index (χ3v) is 6.49. The van der Waals surface area contributed by atoms with Crippen LogP contribution >= 0.6 is 0 Å². The molecule has 0 bridgehead atoms. The van der Waals surface area contributed by atoms with Crippen molar-refractivity contribution in [1.29, 1.82) is 0 Å². The Hall–Kier alpha value is -2.92. The van der Waals surface area contributed by atoms with Gasteiger partial charge in [-0.15, -0.1) is 10.2 Å². The lowest BCUT2D eigenvalue weighted by atomic mass is 9.84. The van der Waals surface area contributed by atoms with Crippen molar-refractivity contribution < 1.29 is 19.1 Å². The maximum atomic E-state index is 13.5. The molecule has 10 nitrogen and oxygen atoms in total. The van der Waals surface area contributed by atoms with Gasteiger partial charge in [-0.05, 0) is 0 Å². The Bertz CT molecular complexity index is 968. The van der Waals surface area contributed by atoms with Crippen LogP contribution in [-0.4, -0.2) is 110 Å². The van der Waals surface area contributed by atoms with Crippen LogP contribution in [0, 0.1) is 0 Å². The van der Waals surface area contributed by atoms with Crippen LogP contribution in [0.5, 0.6) is 0 Å². The summed E-state index contributed by atoms with van der Waals surface area (Å²) in [6, 6.07) is 6.94. The Balaban J connectivity index is 1.37. The molecule has 3 heterocycles. The molecule has 2 aromatic rings. The minimum absolute atomic E-state index is 0.204. The number of fused-ring (bicyclic) bond motifs is 2. The SMILES string of the molecule is O=C1c2ccccc2C(=O)c2c(NCCN3CCOCC3)nnc(NCCN3CCOCC3)c21. The molecule has 0 spiro atoms. The molecule has 0 atom stereocenters. The van der Waals surface area contributed by atoms with Gasteiger partial charge in [0.25, 0.3) is 0 Å². The number of nitrogens with zero attached hydrogens (tertiary/aromatic N) is 4. The number of hydrogen-bond donors (Lipinski definition) is 2. The van der Waals surface area contributed by atoms with Gasteiger partial charge in [0.2, 0.25) is 0 Å². The van der Waals surface area contributed by atoms with Crippen molar-refractivity contribution in [3.63, 3.8) is 0 Å². The summed E-state index contributed by atoms with van der Waals surface area (Å²) in [7, 11) is 0. The third kappa shape index (κ3) is 4.80. The predicted octanol–water partition coefficient (Wildman–Crippen LogP) is 0.740. The molecule has 10 heteroatoms. The van der Waals surface area contributed by atoms with Crippen LogP contribution < -0.4 is 10.6 Å². The van der Waals surface area contributed by atoms with E-state index in [4.69, 9.17) is 9.47 Å². The Morgan fingerprint density at radius 3 is 1.53 bits per heavy atom. The Morgan fingerprint density at radius 1 is 0.706 bits per heavy atom. The van der Waals surface area contributed by atoms with Gasteiger partial charge in [0.15, 0.2) is 23.2 Å². The highest BCUT2D eigenvalue weighted by Gasteiger charge is 2.35. The van der Waals surface area contributed by atoms with E-state index < -0.39 is 0 Å². The second-order valence-electron chi connectivity index (χ2n) is 8.61. The van der Waals surface area contributed by atoms with Crippen LogP contribution in [-0.2, 0) is 9.47 Å². The van der Waals surface area contributed by atoms with Gasteiger partial charge in [-0.2, -0.15) is 0 Å². The highest BCUT2D eigenvalue weighted by Crippen LogP contribution is 2.34. The summed E-state index contributed by atoms with van der Waals surface area (Å²) in [6.45, 7) is 9.18. The summed E-state index contributed by atoms with van der Waals surface area (Å²) < 4.78 is 10.8. The van der Waals surface area contributed by atoms with Gasteiger partial charge >= 0.3 is 0 Å². The lowest BCUT2D eigenvalue weighted by Crippen LogP contribution is -2.39. The van der Waals surface area contributed by atoms with E-state index in [1.165, 1.54) is 0 Å². The quantitative estimate of drug-likeness (QED) is 0.493. The zero-order chi connectivity index (χ0) is 23.3. The Labute approximate surface area is 198 Å². The van der Waals surface area contributed by atoms with E-state index in [1.54, 1.807) is 24.3 Å². The molecule has 34 heavy (non-hydrogen) atoms. The predicted molar refractivity (Wildman–Crippen MR) is 127 cm³/mol. The second-order valence-corrected chi connectivity index (χ2v) is 8.61. The molecular formula is C24H30N6O4. The number of nitrogens with one attached hydrogen (secondary N) is 2. The van der Waals surface area contributed by atoms with E-state index >= 15 is 0 Å². The van der Waals surface area contributed by atoms with Gasteiger partial charge < -0.3 is 20.1 Å². The summed E-state index contributed by atoms with van der Waals surface area (Å²) in [4.78, 5) is 31.5. The van der Waals surface area contributed by atoms with Crippen molar-refractivity contribution >= 4 is 23.2 Å². The lowest BCUT2D eigenvalue weighted by Gasteiger charge is -2.27. The molecule has 0 amide bonds. The summed E-state index contributed by atoms with van der Waals surface area (Å²) in [5.74, 6) is 0.306. The van der Waals surface area contributed by atoms with Gasteiger partial charge in [0.1, 0.15) is 0 Å². The first-order valence-corrected chi connectivity index (χ1v) is 11.9. The van der Waals surface area contributed by atoms with E-state index in [2.05, 4.69) is 30.6 Å². The summed E-state index contributed by atoms with van der Waals surface area (Å²) in [6.07, 6.45) is 0. The molecule has 2 fully saturated rings. The highest BCUT2D eigenvalue weighted by atomic mass is 16.5. The summed E-state index contributed by atoms with van der Waals surface area (Å²) in [5.41, 5.74) is 1.41. The van der Waals surface area contributed by atoms with Crippen LogP contribution in [0.1, 0.15) is 31.8 Å². The van der Waals surface area contributed by atoms with Crippen molar-refractivity contribution in [2.75, 3.05) is 89.4 Å². The summed E-state index contributed by atoms with van der Waals surface area (Å²) in [5, 5.41) is 15.2. The van der Waals surface area contributed by atoms with Crippen molar-refractivity contribution in [2.45, 2.75) is 0 Å². The molecule has 0 saturated carbocycles. The number of anilines is 2. The van der Waals surface area contributed by atoms with Crippen LogP contribution in [0.25, 0.3) is 0 Å². The molecule has 2 aliphatic heterocycles. The first-order valence-electron chi connectivity index (χ1n) is 11.9. The fourth-order valence-corrected chi connectivity index (χ4v) is 4.59. The molecule has 0 radical (unpaired) electrons. The van der Waals surface area contributed by atoms with Gasteiger partial charge in [0, 0.05) is 63.5 Å². The second kappa shape index (κ2) is 10.6. The van der Waals surface area contributed by atoms with Crippen molar-refractivity contribution in [3.8, 4) is 0 Å². The molecule has 1 aromatic carbocycles. The monoisotopic (exact) mass is 466 g/mol. The number of morpholine rings is 2. The summed E-state index contributed by atoms with van der Waals surface area (Å²) >= 11 is 0. The van der Waals surface area contributed by atoms with E-state index in [-0.39, 0.29) is 11.6 Å². The number of rotatable bonds is 8.